The van der Waals surface area contributed by atoms with E-state index in [0.29, 0.717) is 0 Å². The van der Waals surface area contributed by atoms with E-state index >= 15 is 0 Å². The molecule has 3 rings (SSSR count). The Balaban J connectivity index is 1.97. The van der Waals surface area contributed by atoms with Gasteiger partial charge in [0.05, 0.1) is 18.2 Å². The molecule has 1 atom stereocenters. The van der Waals surface area contributed by atoms with Crippen LogP contribution in [0.4, 0.5) is 0 Å². The molecular weight excluding hydrogens is 236 g/mol. The molecule has 1 unspecified atom stereocenters. The molecule has 2 heterocycles. The van der Waals surface area contributed by atoms with Crippen LogP contribution in [0.2, 0.25) is 0 Å². The fraction of sp³-hybridized carbons (Fsp3) is 0.438. The molecule has 19 heavy (non-hydrogen) atoms. The Labute approximate surface area is 113 Å². The molecule has 0 saturated heterocycles. The van der Waals surface area contributed by atoms with Crippen molar-refractivity contribution in [1.29, 1.82) is 0 Å². The molecule has 0 aliphatic heterocycles. The lowest BCUT2D eigenvalue weighted by Gasteiger charge is -2.14. The van der Waals surface area contributed by atoms with Gasteiger partial charge in [-0.15, -0.1) is 0 Å². The third kappa shape index (κ3) is 2.37. The summed E-state index contributed by atoms with van der Waals surface area (Å²) in [5.74, 6) is 1.39. The van der Waals surface area contributed by atoms with Crippen LogP contribution in [-0.4, -0.2) is 16.0 Å². The molecule has 0 amide bonds. The van der Waals surface area contributed by atoms with E-state index < -0.39 is 0 Å². The first-order valence-corrected chi connectivity index (χ1v) is 6.99. The number of allylic oxidation sites excluding steroid dienone is 2. The zero-order valence-electron chi connectivity index (χ0n) is 11.8. The molecule has 1 saturated carbocycles. The largest absolute Gasteiger partial charge is 0.498 e. The van der Waals surface area contributed by atoms with Crippen molar-refractivity contribution in [3.05, 3.63) is 47.1 Å². The maximum absolute atomic E-state index is 5.83. The molecule has 0 N–H and O–H groups in total. The zero-order chi connectivity index (χ0) is 13.4. The molecule has 3 nitrogen and oxygen atoms in total. The second kappa shape index (κ2) is 4.72. The highest BCUT2D eigenvalue weighted by atomic mass is 16.5. The van der Waals surface area contributed by atoms with Gasteiger partial charge >= 0.3 is 0 Å². The molecule has 2 aromatic heterocycles. The van der Waals surface area contributed by atoms with E-state index in [0.717, 1.165) is 23.7 Å². The zero-order valence-corrected chi connectivity index (χ0v) is 11.8. The minimum absolute atomic E-state index is 0.248. The van der Waals surface area contributed by atoms with Gasteiger partial charge in [-0.05, 0) is 56.9 Å². The van der Waals surface area contributed by atoms with Crippen LogP contribution in [0, 0.1) is 6.92 Å². The predicted molar refractivity (Wildman–Crippen MR) is 76.2 cm³/mol. The Bertz CT molecular complexity index is 633. The molecule has 0 radical (unpaired) electrons. The smallest absolute Gasteiger partial charge is 0.137 e. The van der Waals surface area contributed by atoms with Gasteiger partial charge < -0.3 is 9.14 Å². The predicted octanol–water partition coefficient (Wildman–Crippen LogP) is 3.83. The van der Waals surface area contributed by atoms with Crippen molar-refractivity contribution in [1.82, 2.24) is 9.38 Å². The Hall–Kier alpha value is -1.77. The molecule has 1 fully saturated rings. The fourth-order valence-corrected chi connectivity index (χ4v) is 2.44. The summed E-state index contributed by atoms with van der Waals surface area (Å²) in [4.78, 5) is 4.74. The van der Waals surface area contributed by atoms with Gasteiger partial charge in [0.2, 0.25) is 0 Å². The number of fused-ring (bicyclic) bond motifs is 1. The van der Waals surface area contributed by atoms with Crippen LogP contribution in [0.15, 0.2) is 35.9 Å². The first kappa shape index (κ1) is 12.3. The van der Waals surface area contributed by atoms with Gasteiger partial charge in [0.25, 0.3) is 0 Å². The van der Waals surface area contributed by atoms with E-state index in [1.54, 1.807) is 0 Å². The molecule has 0 spiro atoms. The molecule has 0 bridgehead atoms. The number of nitrogens with zero attached hydrogens (tertiary/aromatic N) is 2. The average molecular weight is 256 g/mol. The first-order valence-electron chi connectivity index (χ1n) is 6.99. The van der Waals surface area contributed by atoms with Gasteiger partial charge in [0.1, 0.15) is 11.4 Å². The first-order chi connectivity index (χ1) is 9.19. The quantitative estimate of drug-likeness (QED) is 0.777. The Morgan fingerprint density at radius 2 is 2.26 bits per heavy atom. The summed E-state index contributed by atoms with van der Waals surface area (Å²) in [7, 11) is 0. The van der Waals surface area contributed by atoms with Crippen LogP contribution in [0.3, 0.4) is 0 Å². The van der Waals surface area contributed by atoms with Crippen LogP contribution in [0.5, 0.6) is 0 Å². The number of aryl methyl sites for hydroxylation is 1. The van der Waals surface area contributed by atoms with Crippen molar-refractivity contribution in [2.75, 3.05) is 6.61 Å². The molecule has 3 heteroatoms. The van der Waals surface area contributed by atoms with Crippen LogP contribution in [0.25, 0.3) is 5.65 Å². The molecule has 1 aliphatic carbocycles. The summed E-state index contributed by atoms with van der Waals surface area (Å²) in [6.45, 7) is 7.05. The highest BCUT2D eigenvalue weighted by molar-refractivity contribution is 5.44. The van der Waals surface area contributed by atoms with Crippen molar-refractivity contribution < 1.29 is 4.74 Å². The van der Waals surface area contributed by atoms with Crippen LogP contribution in [0.1, 0.15) is 43.9 Å². The number of rotatable bonds is 4. The summed E-state index contributed by atoms with van der Waals surface area (Å²) in [5.41, 5.74) is 4.80. The monoisotopic (exact) mass is 256 g/mol. The summed E-state index contributed by atoms with van der Waals surface area (Å²) in [6, 6.07) is 4.22. The van der Waals surface area contributed by atoms with E-state index in [-0.39, 0.29) is 5.92 Å². The van der Waals surface area contributed by atoms with E-state index in [2.05, 4.69) is 42.8 Å². The topological polar surface area (TPSA) is 26.5 Å². The molecule has 2 aromatic rings. The van der Waals surface area contributed by atoms with E-state index in [4.69, 9.17) is 9.72 Å². The summed E-state index contributed by atoms with van der Waals surface area (Å²) >= 11 is 0. The number of hydrogen-bond donors (Lipinski definition) is 0. The number of aromatic nitrogens is 2. The third-order valence-corrected chi connectivity index (χ3v) is 3.62. The summed E-state index contributed by atoms with van der Waals surface area (Å²) in [5, 5.41) is 0. The molecule has 100 valence electrons. The number of ether oxygens (including phenoxy) is 1. The summed E-state index contributed by atoms with van der Waals surface area (Å²) in [6.07, 6.45) is 6.55. The molecule has 0 aromatic carbocycles. The standard InChI is InChI=1S/C16H20N2O/c1-4-19-16(13-5-6-13)12(3)14-10-18-8-7-11(2)9-15(18)17-14/h7-10,12H,4-6H2,1-3H3. The van der Waals surface area contributed by atoms with Crippen LogP contribution < -0.4 is 0 Å². The Kier molecular flexibility index (Phi) is 3.05. The van der Waals surface area contributed by atoms with E-state index in [1.165, 1.54) is 24.0 Å². The number of pyridine rings is 1. The lowest BCUT2D eigenvalue weighted by atomic mass is 10.1. The van der Waals surface area contributed by atoms with Crippen molar-refractivity contribution in [2.24, 2.45) is 0 Å². The summed E-state index contributed by atoms with van der Waals surface area (Å²) < 4.78 is 7.92. The van der Waals surface area contributed by atoms with Gasteiger partial charge in [0.15, 0.2) is 0 Å². The average Bonchev–Trinajstić information content (AvgIpc) is 3.14. The SMILES string of the molecule is CCOC(=C1CC1)C(C)c1cn2ccc(C)cc2n1. The van der Waals surface area contributed by atoms with E-state index in [1.807, 2.05) is 6.92 Å². The second-order valence-corrected chi connectivity index (χ2v) is 5.26. The van der Waals surface area contributed by atoms with Crippen LogP contribution >= 0.6 is 0 Å². The van der Waals surface area contributed by atoms with Crippen molar-refractivity contribution in [2.45, 2.75) is 39.5 Å². The molecular formula is C16H20N2O. The maximum atomic E-state index is 5.83. The third-order valence-electron chi connectivity index (χ3n) is 3.62. The minimum atomic E-state index is 0.248. The van der Waals surface area contributed by atoms with E-state index in [9.17, 15) is 0 Å². The fourth-order valence-electron chi connectivity index (χ4n) is 2.44. The van der Waals surface area contributed by atoms with Gasteiger partial charge in [-0.1, -0.05) is 0 Å². The number of imidazole rings is 1. The Morgan fingerprint density at radius 1 is 1.47 bits per heavy atom. The maximum Gasteiger partial charge on any atom is 0.137 e. The minimum Gasteiger partial charge on any atom is -0.498 e. The Morgan fingerprint density at radius 3 is 2.95 bits per heavy atom. The van der Waals surface area contributed by atoms with Gasteiger partial charge in [-0.2, -0.15) is 0 Å². The highest BCUT2D eigenvalue weighted by Crippen LogP contribution is 2.38. The van der Waals surface area contributed by atoms with Gasteiger partial charge in [-0.3, -0.25) is 0 Å². The van der Waals surface area contributed by atoms with Gasteiger partial charge in [-0.25, -0.2) is 4.98 Å². The van der Waals surface area contributed by atoms with Gasteiger partial charge in [0, 0.05) is 12.4 Å². The molecule has 1 aliphatic rings. The lowest BCUT2D eigenvalue weighted by molar-refractivity contribution is 0.209. The van der Waals surface area contributed by atoms with Crippen molar-refractivity contribution >= 4 is 5.65 Å². The van der Waals surface area contributed by atoms with Crippen molar-refractivity contribution in [3.8, 4) is 0 Å². The van der Waals surface area contributed by atoms with Crippen LogP contribution in [-0.2, 0) is 4.74 Å². The normalized spacial score (nSPS) is 15.6. The lowest BCUT2D eigenvalue weighted by Crippen LogP contribution is -2.03. The van der Waals surface area contributed by atoms with Crippen molar-refractivity contribution in [3.63, 3.8) is 0 Å². The second-order valence-electron chi connectivity index (χ2n) is 5.26. The highest BCUT2D eigenvalue weighted by Gasteiger charge is 2.25. The number of hydrogen-bond acceptors (Lipinski definition) is 2.